The largest absolute Gasteiger partial charge is 0.422 e. The smallest absolute Gasteiger partial charge is 0.316 e. The highest BCUT2D eigenvalue weighted by Crippen LogP contribution is 2.17. The lowest BCUT2D eigenvalue weighted by atomic mass is 10.2. The van der Waals surface area contributed by atoms with Gasteiger partial charge in [0.2, 0.25) is 0 Å². The molecular formula is C14H10ClN3O. The summed E-state index contributed by atoms with van der Waals surface area (Å²) in [7, 11) is 0. The Labute approximate surface area is 114 Å². The van der Waals surface area contributed by atoms with E-state index in [4.69, 9.17) is 16.0 Å². The highest BCUT2D eigenvalue weighted by atomic mass is 35.5. The van der Waals surface area contributed by atoms with Gasteiger partial charge in [0, 0.05) is 5.02 Å². The molecule has 4 nitrogen and oxygen atoms in total. The molecule has 5 heteroatoms. The molecule has 0 bridgehead atoms. The van der Waals surface area contributed by atoms with Crippen LogP contribution < -0.4 is 5.43 Å². The molecule has 94 valence electrons. The van der Waals surface area contributed by atoms with Crippen molar-refractivity contribution in [1.29, 1.82) is 0 Å². The van der Waals surface area contributed by atoms with Gasteiger partial charge in [-0.2, -0.15) is 10.1 Å². The lowest BCUT2D eigenvalue weighted by Crippen LogP contribution is -1.90. The van der Waals surface area contributed by atoms with Crippen LogP contribution in [0.2, 0.25) is 5.02 Å². The van der Waals surface area contributed by atoms with Crippen LogP contribution in [0.15, 0.2) is 58.0 Å². The molecule has 3 rings (SSSR count). The van der Waals surface area contributed by atoms with E-state index in [2.05, 4.69) is 15.5 Å². The first-order valence-electron chi connectivity index (χ1n) is 5.71. The fourth-order valence-electron chi connectivity index (χ4n) is 1.63. The maximum absolute atomic E-state index is 5.80. The molecule has 1 aromatic heterocycles. The maximum atomic E-state index is 5.80. The molecule has 2 aromatic carbocycles. The number of fused-ring (bicyclic) bond motifs is 1. The number of halogens is 1. The number of nitrogens with zero attached hydrogens (tertiary/aromatic N) is 2. The van der Waals surface area contributed by atoms with Gasteiger partial charge in [-0.25, -0.2) is 5.43 Å². The average Bonchev–Trinajstić information content (AvgIpc) is 2.83. The Kier molecular flexibility index (Phi) is 3.16. The van der Waals surface area contributed by atoms with Crippen molar-refractivity contribution < 1.29 is 4.42 Å². The summed E-state index contributed by atoms with van der Waals surface area (Å²) in [5.41, 5.74) is 5.22. The zero-order valence-electron chi connectivity index (χ0n) is 9.88. The van der Waals surface area contributed by atoms with Gasteiger partial charge in [0.25, 0.3) is 0 Å². The standard InChI is InChI=1S/C14H10ClN3O/c15-11-7-5-10(6-8-11)9-16-18-14-17-12-3-1-2-4-13(12)19-14/h1-9H,(H,17,18)/b16-9+. The number of hydrazone groups is 1. The van der Waals surface area contributed by atoms with Crippen molar-refractivity contribution in [2.75, 3.05) is 5.43 Å². The van der Waals surface area contributed by atoms with Gasteiger partial charge in [0.15, 0.2) is 5.58 Å². The van der Waals surface area contributed by atoms with Crippen molar-refractivity contribution in [3.05, 3.63) is 59.1 Å². The second-order valence-electron chi connectivity index (χ2n) is 3.91. The van der Waals surface area contributed by atoms with Crippen LogP contribution in [-0.4, -0.2) is 11.2 Å². The Balaban J connectivity index is 1.73. The van der Waals surface area contributed by atoms with E-state index < -0.39 is 0 Å². The SMILES string of the molecule is Clc1ccc(/C=N/Nc2nc3ccccc3o2)cc1. The third kappa shape index (κ3) is 2.74. The predicted octanol–water partition coefficient (Wildman–Crippen LogP) is 3.93. The van der Waals surface area contributed by atoms with Crippen LogP contribution in [0.25, 0.3) is 11.1 Å². The van der Waals surface area contributed by atoms with Gasteiger partial charge in [-0.3, -0.25) is 0 Å². The molecule has 0 unspecified atom stereocenters. The van der Waals surface area contributed by atoms with Crippen LogP contribution in [0, 0.1) is 0 Å². The first-order valence-corrected chi connectivity index (χ1v) is 6.09. The summed E-state index contributed by atoms with van der Waals surface area (Å²) in [5.74, 6) is 0. The first-order chi connectivity index (χ1) is 9.31. The second-order valence-corrected chi connectivity index (χ2v) is 4.34. The number of para-hydroxylation sites is 2. The average molecular weight is 272 g/mol. The summed E-state index contributed by atoms with van der Waals surface area (Å²) in [6.07, 6.45) is 1.67. The molecule has 1 heterocycles. The Morgan fingerprint density at radius 1 is 1.11 bits per heavy atom. The van der Waals surface area contributed by atoms with E-state index in [1.165, 1.54) is 0 Å². The molecule has 3 aromatic rings. The number of aromatic nitrogens is 1. The molecule has 0 saturated carbocycles. The number of nitrogens with one attached hydrogen (secondary N) is 1. The van der Waals surface area contributed by atoms with Crippen LogP contribution in [0.3, 0.4) is 0 Å². The molecule has 0 saturated heterocycles. The molecule has 19 heavy (non-hydrogen) atoms. The minimum Gasteiger partial charge on any atom is -0.422 e. The molecule has 0 aliphatic heterocycles. The van der Waals surface area contributed by atoms with E-state index in [0.29, 0.717) is 11.0 Å². The molecular weight excluding hydrogens is 262 g/mol. The minimum atomic E-state index is 0.367. The van der Waals surface area contributed by atoms with Gasteiger partial charge in [-0.1, -0.05) is 35.9 Å². The summed E-state index contributed by atoms with van der Waals surface area (Å²) in [4.78, 5) is 4.25. The topological polar surface area (TPSA) is 50.4 Å². The van der Waals surface area contributed by atoms with Crippen LogP contribution >= 0.6 is 11.6 Å². The van der Waals surface area contributed by atoms with Crippen molar-refractivity contribution >= 4 is 34.9 Å². The summed E-state index contributed by atoms with van der Waals surface area (Å²) in [6.45, 7) is 0. The van der Waals surface area contributed by atoms with Crippen molar-refractivity contribution in [1.82, 2.24) is 4.98 Å². The van der Waals surface area contributed by atoms with E-state index in [0.717, 1.165) is 16.7 Å². The third-order valence-corrected chi connectivity index (χ3v) is 2.79. The highest BCUT2D eigenvalue weighted by molar-refractivity contribution is 6.30. The summed E-state index contributed by atoms with van der Waals surface area (Å²) in [6, 6.07) is 15.3. The lowest BCUT2D eigenvalue weighted by molar-refractivity contribution is 0.617. The Bertz CT molecular complexity index is 686. The number of hydrogen-bond acceptors (Lipinski definition) is 4. The Hall–Kier alpha value is -2.33. The molecule has 0 radical (unpaired) electrons. The summed E-state index contributed by atoms with van der Waals surface area (Å²) < 4.78 is 5.47. The van der Waals surface area contributed by atoms with Gasteiger partial charge in [-0.05, 0) is 29.8 Å². The fraction of sp³-hybridized carbons (Fsp3) is 0. The van der Waals surface area contributed by atoms with E-state index in [1.807, 2.05) is 48.5 Å². The van der Waals surface area contributed by atoms with Crippen LogP contribution in [0.1, 0.15) is 5.56 Å². The monoisotopic (exact) mass is 271 g/mol. The molecule has 0 amide bonds. The van der Waals surface area contributed by atoms with E-state index >= 15 is 0 Å². The number of anilines is 1. The zero-order chi connectivity index (χ0) is 13.1. The van der Waals surface area contributed by atoms with E-state index in [1.54, 1.807) is 6.21 Å². The predicted molar refractivity (Wildman–Crippen MR) is 76.7 cm³/mol. The van der Waals surface area contributed by atoms with Crippen molar-refractivity contribution in [3.63, 3.8) is 0 Å². The third-order valence-electron chi connectivity index (χ3n) is 2.54. The molecule has 1 N–H and O–H groups in total. The first kappa shape index (κ1) is 11.7. The molecule has 0 spiro atoms. The van der Waals surface area contributed by atoms with Crippen LogP contribution in [-0.2, 0) is 0 Å². The maximum Gasteiger partial charge on any atom is 0.316 e. The van der Waals surface area contributed by atoms with Crippen LogP contribution in [0.4, 0.5) is 6.01 Å². The zero-order valence-corrected chi connectivity index (χ0v) is 10.6. The van der Waals surface area contributed by atoms with Gasteiger partial charge in [0.1, 0.15) is 5.52 Å². The molecule has 0 aliphatic carbocycles. The Morgan fingerprint density at radius 3 is 2.68 bits per heavy atom. The van der Waals surface area contributed by atoms with E-state index in [9.17, 15) is 0 Å². The fourth-order valence-corrected chi connectivity index (χ4v) is 1.76. The summed E-state index contributed by atoms with van der Waals surface area (Å²) in [5, 5.41) is 4.76. The normalized spacial score (nSPS) is 11.2. The number of oxazole rings is 1. The Morgan fingerprint density at radius 2 is 1.89 bits per heavy atom. The molecule has 0 atom stereocenters. The second kappa shape index (κ2) is 5.12. The van der Waals surface area contributed by atoms with Crippen molar-refractivity contribution in [2.45, 2.75) is 0 Å². The van der Waals surface area contributed by atoms with Gasteiger partial charge < -0.3 is 4.42 Å². The van der Waals surface area contributed by atoms with Crippen molar-refractivity contribution in [3.8, 4) is 0 Å². The van der Waals surface area contributed by atoms with E-state index in [-0.39, 0.29) is 0 Å². The van der Waals surface area contributed by atoms with Crippen molar-refractivity contribution in [2.24, 2.45) is 5.10 Å². The highest BCUT2D eigenvalue weighted by Gasteiger charge is 2.02. The lowest BCUT2D eigenvalue weighted by Gasteiger charge is -1.93. The van der Waals surface area contributed by atoms with Gasteiger partial charge in [0.05, 0.1) is 6.21 Å². The number of hydrogen-bond donors (Lipinski definition) is 1. The van der Waals surface area contributed by atoms with Gasteiger partial charge >= 0.3 is 6.01 Å². The minimum absolute atomic E-state index is 0.367. The van der Waals surface area contributed by atoms with Crippen LogP contribution in [0.5, 0.6) is 0 Å². The van der Waals surface area contributed by atoms with Gasteiger partial charge in [-0.15, -0.1) is 0 Å². The quantitative estimate of drug-likeness (QED) is 0.580. The molecule has 0 aliphatic rings. The summed E-state index contributed by atoms with van der Waals surface area (Å²) >= 11 is 5.80. The molecule has 0 fully saturated rings. The number of benzene rings is 2. The number of rotatable bonds is 3.